The standard InChI is InChI=1S/C11H6BrF3O2/c12-8-5-4-7(2-1-3-10(16)17)9(6-8)11(13,14)15/h4-6H,3H2,(H,16,17). The minimum absolute atomic E-state index is 0.234. The zero-order valence-electron chi connectivity index (χ0n) is 8.31. The van der Waals surface area contributed by atoms with Gasteiger partial charge in [0.25, 0.3) is 0 Å². The predicted octanol–water partition coefficient (Wildman–Crippen LogP) is 3.29. The van der Waals surface area contributed by atoms with Crippen LogP contribution in [-0.2, 0) is 11.0 Å². The Hall–Kier alpha value is -1.48. The van der Waals surface area contributed by atoms with Gasteiger partial charge in [-0.15, -0.1) is 0 Å². The van der Waals surface area contributed by atoms with Gasteiger partial charge in [-0.2, -0.15) is 13.2 Å². The molecule has 1 aromatic rings. The van der Waals surface area contributed by atoms with Gasteiger partial charge in [-0.3, -0.25) is 4.79 Å². The summed E-state index contributed by atoms with van der Waals surface area (Å²) in [6.07, 6.45) is -5.01. The molecule has 0 aliphatic carbocycles. The topological polar surface area (TPSA) is 37.3 Å². The summed E-state index contributed by atoms with van der Waals surface area (Å²) in [5, 5.41) is 8.33. The van der Waals surface area contributed by atoms with Gasteiger partial charge in [0.05, 0.1) is 5.56 Å². The number of hydrogen-bond donors (Lipinski definition) is 1. The van der Waals surface area contributed by atoms with Crippen molar-refractivity contribution in [3.8, 4) is 11.8 Å². The monoisotopic (exact) mass is 306 g/mol. The first-order valence-electron chi connectivity index (χ1n) is 4.38. The Morgan fingerprint density at radius 3 is 2.59 bits per heavy atom. The van der Waals surface area contributed by atoms with Crippen molar-refractivity contribution < 1.29 is 23.1 Å². The average Bonchev–Trinajstić information content (AvgIpc) is 2.18. The predicted molar refractivity (Wildman–Crippen MR) is 58.3 cm³/mol. The third-order valence-electron chi connectivity index (χ3n) is 1.75. The van der Waals surface area contributed by atoms with E-state index in [4.69, 9.17) is 5.11 Å². The van der Waals surface area contributed by atoms with Gasteiger partial charge in [-0.05, 0) is 18.2 Å². The lowest BCUT2D eigenvalue weighted by atomic mass is 10.1. The van der Waals surface area contributed by atoms with Crippen LogP contribution in [0.25, 0.3) is 0 Å². The molecule has 1 aromatic carbocycles. The number of hydrogen-bond acceptors (Lipinski definition) is 1. The fraction of sp³-hybridized carbons (Fsp3) is 0.182. The first kappa shape index (κ1) is 13.6. The van der Waals surface area contributed by atoms with Crippen molar-refractivity contribution in [2.75, 3.05) is 0 Å². The smallest absolute Gasteiger partial charge is 0.417 e. The van der Waals surface area contributed by atoms with Crippen LogP contribution in [0.15, 0.2) is 22.7 Å². The van der Waals surface area contributed by atoms with E-state index in [0.717, 1.165) is 6.07 Å². The van der Waals surface area contributed by atoms with Gasteiger partial charge in [0, 0.05) is 10.0 Å². The first-order valence-corrected chi connectivity index (χ1v) is 5.17. The SMILES string of the molecule is O=C(O)CC#Cc1ccc(Br)cc1C(F)(F)F. The van der Waals surface area contributed by atoms with Gasteiger partial charge in [0.2, 0.25) is 0 Å². The van der Waals surface area contributed by atoms with E-state index in [1.807, 2.05) is 0 Å². The van der Waals surface area contributed by atoms with Gasteiger partial charge in [0.15, 0.2) is 0 Å². The Labute approximate surface area is 104 Å². The minimum Gasteiger partial charge on any atom is -0.481 e. The molecule has 0 radical (unpaired) electrons. The Kier molecular flexibility index (Phi) is 4.18. The summed E-state index contributed by atoms with van der Waals surface area (Å²) in [4.78, 5) is 10.2. The summed E-state index contributed by atoms with van der Waals surface area (Å²) in [6.45, 7) is 0. The molecule has 0 aliphatic rings. The van der Waals surface area contributed by atoms with E-state index in [1.165, 1.54) is 12.1 Å². The number of carboxylic acid groups (broad SMARTS) is 1. The van der Waals surface area contributed by atoms with Crippen LogP contribution in [0.2, 0.25) is 0 Å². The summed E-state index contributed by atoms with van der Waals surface area (Å²) >= 11 is 2.94. The van der Waals surface area contributed by atoms with E-state index >= 15 is 0 Å². The second kappa shape index (κ2) is 5.23. The van der Waals surface area contributed by atoms with Crippen LogP contribution in [0.4, 0.5) is 13.2 Å². The summed E-state index contributed by atoms with van der Waals surface area (Å²) < 4.78 is 38.1. The van der Waals surface area contributed by atoms with Crippen molar-refractivity contribution in [2.24, 2.45) is 0 Å². The zero-order valence-corrected chi connectivity index (χ0v) is 9.89. The van der Waals surface area contributed by atoms with E-state index in [9.17, 15) is 18.0 Å². The van der Waals surface area contributed by atoms with E-state index in [-0.39, 0.29) is 10.0 Å². The zero-order chi connectivity index (χ0) is 13.1. The summed E-state index contributed by atoms with van der Waals surface area (Å²) in [6, 6.07) is 3.52. The van der Waals surface area contributed by atoms with Crippen LogP contribution in [0.3, 0.4) is 0 Å². The molecule has 0 heterocycles. The minimum atomic E-state index is -4.52. The van der Waals surface area contributed by atoms with Crippen LogP contribution in [0.5, 0.6) is 0 Å². The Morgan fingerprint density at radius 1 is 1.41 bits per heavy atom. The molecular formula is C11H6BrF3O2. The van der Waals surface area contributed by atoms with Crippen LogP contribution in [0, 0.1) is 11.8 Å². The van der Waals surface area contributed by atoms with E-state index in [1.54, 1.807) is 0 Å². The molecule has 1 rings (SSSR count). The van der Waals surface area contributed by atoms with Gasteiger partial charge in [-0.1, -0.05) is 27.8 Å². The molecule has 0 aromatic heterocycles. The lowest BCUT2D eigenvalue weighted by Gasteiger charge is -2.09. The van der Waals surface area contributed by atoms with Gasteiger partial charge >= 0.3 is 12.1 Å². The molecule has 0 bridgehead atoms. The van der Waals surface area contributed by atoms with E-state index < -0.39 is 24.1 Å². The van der Waals surface area contributed by atoms with E-state index in [0.29, 0.717) is 0 Å². The van der Waals surface area contributed by atoms with Crippen LogP contribution < -0.4 is 0 Å². The average molecular weight is 307 g/mol. The molecule has 6 heteroatoms. The molecule has 1 N–H and O–H groups in total. The van der Waals surface area contributed by atoms with E-state index in [2.05, 4.69) is 27.8 Å². The fourth-order valence-corrected chi connectivity index (χ4v) is 1.44. The molecular weight excluding hydrogens is 301 g/mol. The largest absolute Gasteiger partial charge is 0.481 e. The Bertz CT molecular complexity index is 498. The lowest BCUT2D eigenvalue weighted by Crippen LogP contribution is -2.07. The highest BCUT2D eigenvalue weighted by Crippen LogP contribution is 2.33. The summed E-state index contributed by atoms with van der Waals surface area (Å²) in [5.41, 5.74) is -1.12. The van der Waals surface area contributed by atoms with Gasteiger partial charge in [0.1, 0.15) is 6.42 Å². The fourth-order valence-electron chi connectivity index (χ4n) is 1.08. The first-order chi connectivity index (χ1) is 7.80. The molecule has 17 heavy (non-hydrogen) atoms. The summed E-state index contributed by atoms with van der Waals surface area (Å²) in [7, 11) is 0. The van der Waals surface area contributed by atoms with Crippen molar-refractivity contribution in [3.05, 3.63) is 33.8 Å². The molecule has 2 nitrogen and oxygen atoms in total. The quantitative estimate of drug-likeness (QED) is 0.808. The maximum atomic E-state index is 12.6. The van der Waals surface area contributed by atoms with Crippen molar-refractivity contribution in [2.45, 2.75) is 12.6 Å². The number of aliphatic carboxylic acids is 1. The third-order valence-corrected chi connectivity index (χ3v) is 2.24. The number of benzene rings is 1. The van der Waals surface area contributed by atoms with Crippen molar-refractivity contribution in [1.82, 2.24) is 0 Å². The van der Waals surface area contributed by atoms with Gasteiger partial charge in [-0.25, -0.2) is 0 Å². The second-order valence-corrected chi connectivity index (χ2v) is 3.98. The number of carbonyl (C=O) groups is 1. The lowest BCUT2D eigenvalue weighted by molar-refractivity contribution is -0.138. The molecule has 0 spiro atoms. The van der Waals surface area contributed by atoms with Crippen LogP contribution in [0.1, 0.15) is 17.5 Å². The van der Waals surface area contributed by atoms with Gasteiger partial charge < -0.3 is 5.11 Å². The highest BCUT2D eigenvalue weighted by molar-refractivity contribution is 9.10. The molecule has 0 atom stereocenters. The number of halogens is 4. The molecule has 0 unspecified atom stereocenters. The Balaban J connectivity index is 3.14. The number of alkyl halides is 3. The maximum absolute atomic E-state index is 12.6. The highest BCUT2D eigenvalue weighted by Gasteiger charge is 2.33. The number of carboxylic acids is 1. The van der Waals surface area contributed by atoms with Crippen molar-refractivity contribution in [3.63, 3.8) is 0 Å². The molecule has 90 valence electrons. The molecule has 0 saturated carbocycles. The molecule has 0 aliphatic heterocycles. The molecule has 0 amide bonds. The van der Waals surface area contributed by atoms with Crippen molar-refractivity contribution >= 4 is 21.9 Å². The summed E-state index contributed by atoms with van der Waals surface area (Å²) in [5.74, 6) is 3.20. The molecule has 0 saturated heterocycles. The Morgan fingerprint density at radius 2 is 2.06 bits per heavy atom. The van der Waals surface area contributed by atoms with Crippen LogP contribution in [-0.4, -0.2) is 11.1 Å². The molecule has 0 fully saturated rings. The highest BCUT2D eigenvalue weighted by atomic mass is 79.9. The maximum Gasteiger partial charge on any atom is 0.417 e. The third kappa shape index (κ3) is 4.11. The number of rotatable bonds is 1. The van der Waals surface area contributed by atoms with Crippen LogP contribution >= 0.6 is 15.9 Å². The normalized spacial score (nSPS) is 10.6. The second-order valence-electron chi connectivity index (χ2n) is 3.06. The van der Waals surface area contributed by atoms with Crippen molar-refractivity contribution in [1.29, 1.82) is 0 Å².